The summed E-state index contributed by atoms with van der Waals surface area (Å²) >= 11 is 0. The summed E-state index contributed by atoms with van der Waals surface area (Å²) in [5, 5.41) is 9.60. The number of hydrogen-bond donors (Lipinski definition) is 1. The van der Waals surface area contributed by atoms with Crippen molar-refractivity contribution in [3.05, 3.63) is 0 Å². The van der Waals surface area contributed by atoms with Crippen LogP contribution >= 0.6 is 0 Å². The van der Waals surface area contributed by atoms with E-state index in [1.165, 1.54) is 0 Å². The molecule has 5 heteroatoms. The zero-order valence-corrected chi connectivity index (χ0v) is 11.8. The van der Waals surface area contributed by atoms with Crippen molar-refractivity contribution in [3.8, 4) is 0 Å². The third-order valence-electron chi connectivity index (χ3n) is 3.53. The predicted molar refractivity (Wildman–Crippen MR) is 70.4 cm³/mol. The van der Waals surface area contributed by atoms with Crippen molar-refractivity contribution in [2.45, 2.75) is 38.9 Å². The lowest BCUT2D eigenvalue weighted by Gasteiger charge is -2.35. The number of piperazine rings is 1. The van der Waals surface area contributed by atoms with Gasteiger partial charge in [-0.25, -0.2) is 0 Å². The van der Waals surface area contributed by atoms with E-state index in [-0.39, 0.29) is 18.1 Å². The summed E-state index contributed by atoms with van der Waals surface area (Å²) in [5.74, 6) is 0.167. The summed E-state index contributed by atoms with van der Waals surface area (Å²) in [5.41, 5.74) is 0. The minimum absolute atomic E-state index is 0.0163. The Hall–Kier alpha value is -0.650. The lowest BCUT2D eigenvalue weighted by atomic mass is 10.2. The monoisotopic (exact) mass is 258 g/mol. The molecule has 0 spiro atoms. The van der Waals surface area contributed by atoms with Crippen molar-refractivity contribution < 1.29 is 14.6 Å². The lowest BCUT2D eigenvalue weighted by molar-refractivity contribution is -0.135. The Bertz CT molecular complexity index is 253. The maximum atomic E-state index is 11.9. The zero-order valence-electron chi connectivity index (χ0n) is 11.8. The number of methoxy groups -OCH3 is 1. The molecule has 2 atom stereocenters. The van der Waals surface area contributed by atoms with E-state index >= 15 is 0 Å². The standard InChI is InChI=1S/C13H26N2O3/c1-4-12(16)10-14-5-7-15(8-6-14)13(17)9-11(2)18-3/h11-12,16H,4-10H2,1-3H3/t11-,12+/m0/s1. The maximum absolute atomic E-state index is 11.9. The molecule has 0 aromatic heterocycles. The molecule has 0 bridgehead atoms. The molecule has 1 fully saturated rings. The van der Waals surface area contributed by atoms with E-state index in [4.69, 9.17) is 4.74 Å². The largest absolute Gasteiger partial charge is 0.392 e. The molecule has 1 N–H and O–H groups in total. The van der Waals surface area contributed by atoms with Crippen molar-refractivity contribution in [2.24, 2.45) is 0 Å². The van der Waals surface area contributed by atoms with Crippen LogP contribution in [0, 0.1) is 0 Å². The topological polar surface area (TPSA) is 53.0 Å². The molecule has 1 aliphatic heterocycles. The Morgan fingerprint density at radius 3 is 2.44 bits per heavy atom. The van der Waals surface area contributed by atoms with Crippen LogP contribution in [0.4, 0.5) is 0 Å². The summed E-state index contributed by atoms with van der Waals surface area (Å²) < 4.78 is 5.11. The van der Waals surface area contributed by atoms with Gasteiger partial charge in [0, 0.05) is 39.8 Å². The van der Waals surface area contributed by atoms with Crippen LogP contribution in [0.5, 0.6) is 0 Å². The highest BCUT2D eigenvalue weighted by molar-refractivity contribution is 5.76. The summed E-state index contributed by atoms with van der Waals surface area (Å²) in [6.07, 6.45) is 0.969. The van der Waals surface area contributed by atoms with E-state index in [2.05, 4.69) is 4.90 Å². The number of aliphatic hydroxyl groups excluding tert-OH is 1. The van der Waals surface area contributed by atoms with Gasteiger partial charge in [-0.2, -0.15) is 0 Å². The summed E-state index contributed by atoms with van der Waals surface area (Å²) in [6, 6.07) is 0. The van der Waals surface area contributed by atoms with Crippen molar-refractivity contribution >= 4 is 5.91 Å². The first-order valence-corrected chi connectivity index (χ1v) is 6.77. The third-order valence-corrected chi connectivity index (χ3v) is 3.53. The molecule has 18 heavy (non-hydrogen) atoms. The van der Waals surface area contributed by atoms with Crippen molar-refractivity contribution in [2.75, 3.05) is 39.8 Å². The fraction of sp³-hybridized carbons (Fsp3) is 0.923. The van der Waals surface area contributed by atoms with Crippen LogP contribution in [-0.4, -0.2) is 72.9 Å². The van der Waals surface area contributed by atoms with Gasteiger partial charge in [-0.05, 0) is 13.3 Å². The first-order chi connectivity index (χ1) is 8.56. The summed E-state index contributed by atoms with van der Waals surface area (Å²) in [6.45, 7) is 7.82. The Morgan fingerprint density at radius 2 is 1.94 bits per heavy atom. The minimum Gasteiger partial charge on any atom is -0.392 e. The third kappa shape index (κ3) is 4.92. The number of rotatable bonds is 6. The van der Waals surface area contributed by atoms with E-state index in [1.54, 1.807) is 7.11 Å². The number of aliphatic hydroxyl groups is 1. The number of β-amino-alcohol motifs (C(OH)–C–C–N with tert-alkyl or cyclic N) is 1. The Morgan fingerprint density at radius 1 is 1.33 bits per heavy atom. The average molecular weight is 258 g/mol. The molecule has 0 aromatic rings. The van der Waals surface area contributed by atoms with Crippen LogP contribution in [0.25, 0.3) is 0 Å². The van der Waals surface area contributed by atoms with Gasteiger partial charge in [-0.15, -0.1) is 0 Å². The lowest BCUT2D eigenvalue weighted by Crippen LogP contribution is -2.50. The van der Waals surface area contributed by atoms with Crippen LogP contribution < -0.4 is 0 Å². The molecule has 0 aliphatic carbocycles. The smallest absolute Gasteiger partial charge is 0.225 e. The van der Waals surface area contributed by atoms with Crippen LogP contribution in [0.2, 0.25) is 0 Å². The fourth-order valence-corrected chi connectivity index (χ4v) is 2.07. The molecule has 0 unspecified atom stereocenters. The van der Waals surface area contributed by atoms with Gasteiger partial charge in [0.1, 0.15) is 0 Å². The van der Waals surface area contributed by atoms with Gasteiger partial charge < -0.3 is 14.7 Å². The second kappa shape index (κ2) is 7.71. The van der Waals surface area contributed by atoms with Crippen molar-refractivity contribution in [1.29, 1.82) is 0 Å². The number of ether oxygens (including phenoxy) is 1. The SMILES string of the molecule is CC[C@@H](O)CN1CCN(C(=O)C[C@H](C)OC)CC1. The minimum atomic E-state index is -0.249. The molecule has 5 nitrogen and oxygen atoms in total. The van der Waals surface area contributed by atoms with Gasteiger partial charge in [-0.1, -0.05) is 6.92 Å². The predicted octanol–water partition coefficient (Wildman–Crippen LogP) is 0.327. The molecular weight excluding hydrogens is 232 g/mol. The number of hydrogen-bond acceptors (Lipinski definition) is 4. The van der Waals surface area contributed by atoms with Crippen molar-refractivity contribution in [1.82, 2.24) is 9.80 Å². The Kier molecular flexibility index (Phi) is 6.60. The second-order valence-electron chi connectivity index (χ2n) is 4.99. The van der Waals surface area contributed by atoms with Crippen molar-refractivity contribution in [3.63, 3.8) is 0 Å². The Labute approximate surface area is 110 Å². The molecule has 1 heterocycles. The second-order valence-corrected chi connectivity index (χ2v) is 4.99. The Balaban J connectivity index is 2.28. The van der Waals surface area contributed by atoms with Crippen LogP contribution in [0.3, 0.4) is 0 Å². The first-order valence-electron chi connectivity index (χ1n) is 6.77. The number of carbonyl (C=O) groups excluding carboxylic acids is 1. The van der Waals surface area contributed by atoms with Crippen LogP contribution in [0.15, 0.2) is 0 Å². The van der Waals surface area contributed by atoms with E-state index in [1.807, 2.05) is 18.7 Å². The highest BCUT2D eigenvalue weighted by Crippen LogP contribution is 2.07. The van der Waals surface area contributed by atoms with Gasteiger partial charge >= 0.3 is 0 Å². The summed E-state index contributed by atoms with van der Waals surface area (Å²) in [7, 11) is 1.63. The van der Waals surface area contributed by atoms with E-state index in [0.29, 0.717) is 13.0 Å². The van der Waals surface area contributed by atoms with Gasteiger partial charge in [0.15, 0.2) is 0 Å². The molecule has 1 amide bonds. The number of nitrogens with zero attached hydrogens (tertiary/aromatic N) is 2. The molecule has 1 saturated heterocycles. The van der Waals surface area contributed by atoms with Gasteiger partial charge in [0.05, 0.1) is 18.6 Å². The van der Waals surface area contributed by atoms with Crippen LogP contribution in [-0.2, 0) is 9.53 Å². The summed E-state index contributed by atoms with van der Waals surface area (Å²) in [4.78, 5) is 16.0. The quantitative estimate of drug-likeness (QED) is 0.746. The fourth-order valence-electron chi connectivity index (χ4n) is 2.07. The van der Waals surface area contributed by atoms with Gasteiger partial charge in [0.2, 0.25) is 5.91 Å². The van der Waals surface area contributed by atoms with E-state index in [9.17, 15) is 9.90 Å². The molecule has 1 aliphatic rings. The molecule has 0 saturated carbocycles. The van der Waals surface area contributed by atoms with E-state index < -0.39 is 0 Å². The number of carbonyl (C=O) groups is 1. The highest BCUT2D eigenvalue weighted by Gasteiger charge is 2.22. The number of amides is 1. The van der Waals surface area contributed by atoms with Crippen LogP contribution in [0.1, 0.15) is 26.7 Å². The molecular formula is C13H26N2O3. The highest BCUT2D eigenvalue weighted by atomic mass is 16.5. The zero-order chi connectivity index (χ0) is 13.5. The van der Waals surface area contributed by atoms with Gasteiger partial charge in [-0.3, -0.25) is 9.69 Å². The van der Waals surface area contributed by atoms with Gasteiger partial charge in [0.25, 0.3) is 0 Å². The first kappa shape index (κ1) is 15.4. The molecule has 1 rings (SSSR count). The molecule has 0 aromatic carbocycles. The average Bonchev–Trinajstić information content (AvgIpc) is 2.39. The maximum Gasteiger partial charge on any atom is 0.225 e. The molecule has 0 radical (unpaired) electrons. The van der Waals surface area contributed by atoms with E-state index in [0.717, 1.165) is 32.6 Å². The normalized spacial score (nSPS) is 20.8. The molecule has 106 valence electrons.